The highest BCUT2D eigenvalue weighted by Gasteiger charge is 2.28. The molecule has 7 aromatic carbocycles. The van der Waals surface area contributed by atoms with Crippen LogP contribution in [-0.4, -0.2) is 11.8 Å². The summed E-state index contributed by atoms with van der Waals surface area (Å²) in [7, 11) is 0. The van der Waals surface area contributed by atoms with Gasteiger partial charge in [0.05, 0.1) is 0 Å². The normalized spacial score (nSPS) is 16.7. The fraction of sp³-hybridized carbons (Fsp3) is 0.0333. The maximum atomic E-state index is 13.0. The topological polar surface area (TPSA) is 69.1 Å². The largest absolute Gasteiger partial charge is 0.400 e. The molecule has 1 atom stereocenters. The molecule has 1 aliphatic rings. The third-order valence-corrected chi connectivity index (χ3v) is 7.59. The Morgan fingerprint density at radius 1 is 0.606 bits per heavy atom. The standard InChI is InChI=1S/C30H18N2O/c31-24-13-20-22-11-18-7-5-15-9-14-3-1-2-4-19(14)21-10-17-8-6-16(12-23(20)30(33)29(24)32)26(22)28(17)27(18)25(15)21/h1-13,29H,31-32H2. The van der Waals surface area contributed by atoms with Crippen LogP contribution in [0.15, 0.2) is 78.5 Å². The minimum atomic E-state index is -0.774. The Morgan fingerprint density at radius 2 is 1.21 bits per heavy atom. The van der Waals surface area contributed by atoms with Gasteiger partial charge in [0.2, 0.25) is 0 Å². The predicted octanol–water partition coefficient (Wildman–Crippen LogP) is 6.30. The maximum Gasteiger partial charge on any atom is 0.186 e. The van der Waals surface area contributed by atoms with Gasteiger partial charge in [0, 0.05) is 11.3 Å². The summed E-state index contributed by atoms with van der Waals surface area (Å²) in [5, 5.41) is 14.6. The number of ketones is 1. The van der Waals surface area contributed by atoms with Gasteiger partial charge in [-0.2, -0.15) is 0 Å². The molecule has 0 fully saturated rings. The zero-order valence-corrected chi connectivity index (χ0v) is 17.6. The highest BCUT2D eigenvalue weighted by Crippen LogP contribution is 2.47. The van der Waals surface area contributed by atoms with E-state index < -0.39 is 6.04 Å². The van der Waals surface area contributed by atoms with Gasteiger partial charge in [0.25, 0.3) is 0 Å². The van der Waals surface area contributed by atoms with E-state index in [-0.39, 0.29) is 5.78 Å². The molecule has 0 aromatic heterocycles. The van der Waals surface area contributed by atoms with Gasteiger partial charge in [-0.1, -0.05) is 48.5 Å². The van der Waals surface area contributed by atoms with Crippen LogP contribution in [-0.2, 0) is 0 Å². The van der Waals surface area contributed by atoms with Crippen LogP contribution in [0.2, 0.25) is 0 Å². The smallest absolute Gasteiger partial charge is 0.186 e. The molecule has 33 heavy (non-hydrogen) atoms. The van der Waals surface area contributed by atoms with Crippen molar-refractivity contribution in [3.05, 3.63) is 89.6 Å². The summed E-state index contributed by atoms with van der Waals surface area (Å²) in [5.74, 6) is -0.112. The first-order valence-corrected chi connectivity index (χ1v) is 11.2. The van der Waals surface area contributed by atoms with Gasteiger partial charge in [-0.3, -0.25) is 4.79 Å². The molecule has 0 radical (unpaired) electrons. The van der Waals surface area contributed by atoms with E-state index in [4.69, 9.17) is 11.5 Å². The first-order valence-electron chi connectivity index (χ1n) is 11.2. The average Bonchev–Trinajstić information content (AvgIpc) is 2.84. The number of Topliss-reactive ketones (excluding diaryl/α,β-unsaturated/α-hetero) is 1. The molecule has 0 saturated carbocycles. The minimum Gasteiger partial charge on any atom is -0.400 e. The number of carbonyl (C=O) groups excluding carboxylic acids is 1. The predicted molar refractivity (Wildman–Crippen MR) is 138 cm³/mol. The van der Waals surface area contributed by atoms with Crippen molar-refractivity contribution >= 4 is 76.5 Å². The van der Waals surface area contributed by atoms with Crippen molar-refractivity contribution in [2.24, 2.45) is 11.5 Å². The van der Waals surface area contributed by atoms with Crippen LogP contribution in [0.4, 0.5) is 0 Å². The van der Waals surface area contributed by atoms with Gasteiger partial charge in [-0.25, -0.2) is 0 Å². The van der Waals surface area contributed by atoms with E-state index in [9.17, 15) is 4.79 Å². The number of benzene rings is 7. The third-order valence-electron chi connectivity index (χ3n) is 7.59. The number of nitrogens with two attached hydrogens (primary N) is 2. The molecule has 0 aliphatic heterocycles. The molecule has 1 aliphatic carbocycles. The highest BCUT2D eigenvalue weighted by molar-refractivity contribution is 6.39. The quantitative estimate of drug-likeness (QED) is 0.222. The van der Waals surface area contributed by atoms with Gasteiger partial charge in [0.1, 0.15) is 6.04 Å². The van der Waals surface area contributed by atoms with E-state index in [1.54, 1.807) is 0 Å². The van der Waals surface area contributed by atoms with Crippen LogP contribution in [0.1, 0.15) is 15.9 Å². The number of fused-ring (bicyclic) bond motifs is 4. The molecular weight excluding hydrogens is 404 g/mol. The Kier molecular flexibility index (Phi) is 2.93. The van der Waals surface area contributed by atoms with E-state index in [2.05, 4.69) is 66.7 Å². The molecule has 154 valence electrons. The van der Waals surface area contributed by atoms with Crippen molar-refractivity contribution in [1.29, 1.82) is 0 Å². The van der Waals surface area contributed by atoms with Gasteiger partial charge in [-0.15, -0.1) is 0 Å². The molecule has 8 rings (SSSR count). The summed E-state index contributed by atoms with van der Waals surface area (Å²) in [6.45, 7) is 0. The SMILES string of the molecule is NC1=Cc2c(cc3ccc4cc5c6ccccc6cc6ccc7cc2c3c4c7c65)C(=O)C1N. The van der Waals surface area contributed by atoms with E-state index >= 15 is 0 Å². The second-order valence-electron chi connectivity index (χ2n) is 9.29. The molecular formula is C30H18N2O. The summed E-state index contributed by atoms with van der Waals surface area (Å²) >= 11 is 0. The first kappa shape index (κ1) is 17.4. The molecule has 0 heterocycles. The molecule has 4 N–H and O–H groups in total. The maximum absolute atomic E-state index is 13.0. The molecule has 0 bridgehead atoms. The summed E-state index contributed by atoms with van der Waals surface area (Å²) in [4.78, 5) is 13.0. The van der Waals surface area contributed by atoms with E-state index in [1.165, 1.54) is 53.9 Å². The van der Waals surface area contributed by atoms with Crippen LogP contribution in [0.25, 0.3) is 70.7 Å². The molecule has 3 nitrogen and oxygen atoms in total. The van der Waals surface area contributed by atoms with E-state index in [1.807, 2.05) is 12.1 Å². The number of rotatable bonds is 0. The fourth-order valence-electron chi connectivity index (χ4n) is 6.10. The van der Waals surface area contributed by atoms with Crippen LogP contribution in [0.3, 0.4) is 0 Å². The zero-order chi connectivity index (χ0) is 22.0. The third kappa shape index (κ3) is 1.97. The molecule has 3 heteroatoms. The fourth-order valence-corrected chi connectivity index (χ4v) is 6.10. The lowest BCUT2D eigenvalue weighted by Crippen LogP contribution is -2.38. The molecule has 0 saturated heterocycles. The van der Waals surface area contributed by atoms with Gasteiger partial charge in [0.15, 0.2) is 5.78 Å². The van der Waals surface area contributed by atoms with Crippen LogP contribution in [0, 0.1) is 0 Å². The Labute approximate surface area is 188 Å². The van der Waals surface area contributed by atoms with Gasteiger partial charge >= 0.3 is 0 Å². The molecule has 0 spiro atoms. The van der Waals surface area contributed by atoms with Crippen molar-refractivity contribution < 1.29 is 4.79 Å². The Balaban J connectivity index is 1.68. The number of hydrogen-bond donors (Lipinski definition) is 2. The van der Waals surface area contributed by atoms with Crippen LogP contribution < -0.4 is 11.5 Å². The lowest BCUT2D eigenvalue weighted by atomic mass is 9.81. The Hall–Kier alpha value is -4.21. The van der Waals surface area contributed by atoms with Crippen molar-refractivity contribution in [2.75, 3.05) is 0 Å². The van der Waals surface area contributed by atoms with E-state index in [0.717, 1.165) is 16.3 Å². The Bertz CT molecular complexity index is 2010. The Morgan fingerprint density at radius 3 is 1.97 bits per heavy atom. The summed E-state index contributed by atoms with van der Waals surface area (Å²) in [6, 6.07) is 25.4. The van der Waals surface area contributed by atoms with Crippen molar-refractivity contribution in [3.8, 4) is 0 Å². The lowest BCUT2D eigenvalue weighted by Gasteiger charge is -2.24. The lowest BCUT2D eigenvalue weighted by molar-refractivity contribution is 0.0972. The highest BCUT2D eigenvalue weighted by atomic mass is 16.1. The van der Waals surface area contributed by atoms with Crippen molar-refractivity contribution in [1.82, 2.24) is 0 Å². The zero-order valence-electron chi connectivity index (χ0n) is 17.6. The van der Waals surface area contributed by atoms with Crippen molar-refractivity contribution in [2.45, 2.75) is 6.04 Å². The second-order valence-corrected chi connectivity index (χ2v) is 9.29. The summed E-state index contributed by atoms with van der Waals surface area (Å²) in [6.07, 6.45) is 1.89. The van der Waals surface area contributed by atoms with Crippen LogP contribution in [0.5, 0.6) is 0 Å². The number of carbonyl (C=O) groups is 1. The number of hydrogen-bond acceptors (Lipinski definition) is 3. The molecule has 0 amide bonds. The van der Waals surface area contributed by atoms with E-state index in [0.29, 0.717) is 11.3 Å². The first-order chi connectivity index (χ1) is 16.1. The summed E-state index contributed by atoms with van der Waals surface area (Å²) in [5.41, 5.74) is 14.2. The van der Waals surface area contributed by atoms with Gasteiger partial charge in [-0.05, 0) is 101 Å². The molecule has 1 unspecified atom stereocenters. The summed E-state index contributed by atoms with van der Waals surface area (Å²) < 4.78 is 0. The monoisotopic (exact) mass is 422 g/mol. The van der Waals surface area contributed by atoms with Crippen LogP contribution >= 0.6 is 0 Å². The molecule has 7 aromatic rings. The van der Waals surface area contributed by atoms with Gasteiger partial charge < -0.3 is 11.5 Å². The van der Waals surface area contributed by atoms with Crippen molar-refractivity contribution in [3.63, 3.8) is 0 Å². The second kappa shape index (κ2) is 5.58. The average molecular weight is 422 g/mol. The minimum absolute atomic E-state index is 0.112.